The zero-order valence-corrected chi connectivity index (χ0v) is 27.4. The van der Waals surface area contributed by atoms with E-state index in [1.165, 1.54) is 0 Å². The van der Waals surface area contributed by atoms with E-state index in [1.807, 2.05) is 90.5 Å². The highest BCUT2D eigenvalue weighted by Gasteiger charge is 2.37. The second-order valence-corrected chi connectivity index (χ2v) is 13.7. The summed E-state index contributed by atoms with van der Waals surface area (Å²) in [5, 5.41) is 8.69. The number of piperidine rings is 1. The van der Waals surface area contributed by atoms with Gasteiger partial charge in [0.25, 0.3) is 5.91 Å². The molecule has 45 heavy (non-hydrogen) atoms. The topological polar surface area (TPSA) is 120 Å². The Hall–Kier alpha value is -4.25. The molecule has 0 aliphatic carbocycles. The van der Waals surface area contributed by atoms with E-state index in [2.05, 4.69) is 17.6 Å². The van der Waals surface area contributed by atoms with Crippen LogP contribution in [0.3, 0.4) is 0 Å². The number of nitrogens with two attached hydrogens (primary N) is 1. The average Bonchev–Trinajstić information content (AvgIpc) is 3.57. The lowest BCUT2D eigenvalue weighted by Gasteiger charge is -2.44. The number of rotatable bonds is 6. The SMILES string of the molecule is CCC1(Nc2ccc(C(=O)Nc3cc(-c4cccs4)ccc3N)cc2)CCN(C(=O)N2CCN(C(=O)OC(C)(C)C)CC2)CC1. The smallest absolute Gasteiger partial charge is 0.410 e. The van der Waals surface area contributed by atoms with Crippen LogP contribution in [-0.2, 0) is 4.74 Å². The maximum absolute atomic E-state index is 13.3. The normalized spacial score (nSPS) is 16.7. The molecule has 2 saturated heterocycles. The number of nitrogens with zero attached hydrogens (tertiary/aromatic N) is 3. The van der Waals surface area contributed by atoms with Crippen molar-refractivity contribution in [1.29, 1.82) is 0 Å². The van der Waals surface area contributed by atoms with Crippen LogP contribution in [0.4, 0.5) is 26.7 Å². The van der Waals surface area contributed by atoms with Crippen LogP contribution in [0.25, 0.3) is 10.4 Å². The van der Waals surface area contributed by atoms with Crippen LogP contribution in [0, 0.1) is 0 Å². The van der Waals surface area contributed by atoms with Gasteiger partial charge in [0.2, 0.25) is 0 Å². The molecule has 4 N–H and O–H groups in total. The number of urea groups is 1. The summed E-state index contributed by atoms with van der Waals surface area (Å²) in [5.74, 6) is -0.222. The van der Waals surface area contributed by atoms with E-state index in [1.54, 1.807) is 16.2 Å². The Balaban J connectivity index is 1.13. The number of hydrogen-bond acceptors (Lipinski definition) is 7. The van der Waals surface area contributed by atoms with Crippen molar-refractivity contribution in [3.8, 4) is 10.4 Å². The maximum Gasteiger partial charge on any atom is 0.410 e. The molecule has 5 rings (SSSR count). The summed E-state index contributed by atoms with van der Waals surface area (Å²) in [7, 11) is 0. The highest BCUT2D eigenvalue weighted by molar-refractivity contribution is 7.13. The molecule has 0 atom stereocenters. The molecular weight excluding hydrogens is 588 g/mol. The van der Waals surface area contributed by atoms with Crippen LogP contribution in [0.1, 0.15) is 57.3 Å². The predicted molar refractivity (Wildman–Crippen MR) is 181 cm³/mol. The van der Waals surface area contributed by atoms with Gasteiger partial charge in [-0.05, 0) is 93.4 Å². The monoisotopic (exact) mass is 632 g/mol. The number of carbonyl (C=O) groups is 3. The number of hydrogen-bond donors (Lipinski definition) is 3. The van der Waals surface area contributed by atoms with Crippen LogP contribution in [0.15, 0.2) is 60.0 Å². The van der Waals surface area contributed by atoms with Gasteiger partial charge in [-0.15, -0.1) is 11.3 Å². The molecule has 2 aliphatic heterocycles. The fourth-order valence-electron chi connectivity index (χ4n) is 5.77. The molecular formula is C34H44N6O4S. The lowest BCUT2D eigenvalue weighted by molar-refractivity contribution is 0.0152. The fraction of sp³-hybridized carbons (Fsp3) is 0.441. The molecule has 2 aromatic carbocycles. The summed E-state index contributed by atoms with van der Waals surface area (Å²) in [4.78, 5) is 45.3. The van der Waals surface area contributed by atoms with Crippen LogP contribution >= 0.6 is 11.3 Å². The van der Waals surface area contributed by atoms with Crippen molar-refractivity contribution in [2.75, 3.05) is 55.6 Å². The van der Waals surface area contributed by atoms with Crippen LogP contribution < -0.4 is 16.4 Å². The first-order valence-electron chi connectivity index (χ1n) is 15.6. The number of amides is 4. The fourth-order valence-corrected chi connectivity index (χ4v) is 6.49. The maximum atomic E-state index is 13.3. The Morgan fingerprint density at radius 1 is 0.911 bits per heavy atom. The third-order valence-corrected chi connectivity index (χ3v) is 9.45. The Morgan fingerprint density at radius 2 is 1.56 bits per heavy atom. The van der Waals surface area contributed by atoms with Gasteiger partial charge in [0.05, 0.1) is 11.4 Å². The van der Waals surface area contributed by atoms with Crippen molar-refractivity contribution in [2.24, 2.45) is 0 Å². The minimum absolute atomic E-state index is 0.0282. The molecule has 0 radical (unpaired) electrons. The Bertz CT molecular complexity index is 1490. The molecule has 4 amide bonds. The Labute approximate surface area is 269 Å². The van der Waals surface area contributed by atoms with Gasteiger partial charge in [-0.25, -0.2) is 9.59 Å². The van der Waals surface area contributed by atoms with Crippen molar-refractivity contribution < 1.29 is 19.1 Å². The van der Waals surface area contributed by atoms with Gasteiger partial charge in [-0.2, -0.15) is 0 Å². The van der Waals surface area contributed by atoms with Crippen molar-refractivity contribution >= 4 is 46.4 Å². The molecule has 2 fully saturated rings. The summed E-state index contributed by atoms with van der Waals surface area (Å²) < 4.78 is 5.48. The predicted octanol–water partition coefficient (Wildman–Crippen LogP) is 6.58. The zero-order valence-electron chi connectivity index (χ0n) is 26.6. The molecule has 3 heterocycles. The van der Waals surface area contributed by atoms with E-state index >= 15 is 0 Å². The number of nitrogens with one attached hydrogen (secondary N) is 2. The van der Waals surface area contributed by atoms with Crippen molar-refractivity contribution in [2.45, 2.75) is 58.1 Å². The molecule has 11 heteroatoms. The first-order chi connectivity index (χ1) is 21.4. The van der Waals surface area contributed by atoms with Crippen LogP contribution in [0.5, 0.6) is 0 Å². The lowest BCUT2D eigenvalue weighted by Crippen LogP contribution is -2.57. The van der Waals surface area contributed by atoms with Gasteiger partial charge >= 0.3 is 12.1 Å². The van der Waals surface area contributed by atoms with Gasteiger partial charge < -0.3 is 35.8 Å². The number of thiophene rings is 1. The Kier molecular flexibility index (Phi) is 9.57. The summed E-state index contributed by atoms with van der Waals surface area (Å²) in [6.07, 6.45) is 2.21. The first kappa shape index (κ1) is 32.2. The third kappa shape index (κ3) is 7.89. The first-order valence-corrected chi connectivity index (χ1v) is 16.5. The number of piperazine rings is 1. The third-order valence-electron chi connectivity index (χ3n) is 8.53. The van der Waals surface area contributed by atoms with Gasteiger partial charge in [0, 0.05) is 60.9 Å². The number of benzene rings is 2. The van der Waals surface area contributed by atoms with Crippen molar-refractivity contribution in [1.82, 2.24) is 14.7 Å². The summed E-state index contributed by atoms with van der Waals surface area (Å²) >= 11 is 1.64. The number of ether oxygens (including phenoxy) is 1. The summed E-state index contributed by atoms with van der Waals surface area (Å²) in [6.45, 7) is 11.0. The van der Waals surface area contributed by atoms with E-state index in [0.717, 1.165) is 35.4 Å². The van der Waals surface area contributed by atoms with Crippen molar-refractivity contribution in [3.63, 3.8) is 0 Å². The van der Waals surface area contributed by atoms with Crippen LogP contribution in [-0.4, -0.2) is 83.1 Å². The zero-order chi connectivity index (χ0) is 32.2. The molecule has 2 aliphatic rings. The standard InChI is InChI=1S/C34H44N6O4S/c1-5-34(14-16-38(17-15-34)31(42)39-18-20-40(21-19-39)32(43)44-33(2,3)4)37-26-11-8-24(9-12-26)30(41)36-28-23-25(10-13-27(28)35)29-7-6-22-45-29/h6-13,22-23,37H,5,14-21,35H2,1-4H3,(H,36,41). The van der Waals surface area contributed by atoms with Crippen molar-refractivity contribution in [3.05, 3.63) is 65.5 Å². The number of carbonyl (C=O) groups excluding carboxylic acids is 3. The minimum atomic E-state index is -0.541. The Morgan fingerprint density at radius 3 is 2.16 bits per heavy atom. The van der Waals surface area contributed by atoms with E-state index < -0.39 is 5.60 Å². The highest BCUT2D eigenvalue weighted by Crippen LogP contribution is 2.32. The molecule has 240 valence electrons. The number of anilines is 3. The van der Waals surface area contributed by atoms with E-state index in [4.69, 9.17) is 10.5 Å². The molecule has 10 nitrogen and oxygen atoms in total. The lowest BCUT2D eigenvalue weighted by atomic mass is 9.84. The van der Waals surface area contributed by atoms with Gasteiger partial charge in [-0.3, -0.25) is 4.79 Å². The summed E-state index contributed by atoms with van der Waals surface area (Å²) in [5.41, 5.74) is 9.06. The second kappa shape index (κ2) is 13.4. The van der Waals surface area contributed by atoms with Crippen LogP contribution in [0.2, 0.25) is 0 Å². The molecule has 0 unspecified atom stereocenters. The van der Waals surface area contributed by atoms with E-state index in [-0.39, 0.29) is 23.6 Å². The summed E-state index contributed by atoms with van der Waals surface area (Å²) in [6, 6.07) is 17.2. The van der Waals surface area contributed by atoms with Gasteiger partial charge in [0.15, 0.2) is 0 Å². The average molecular weight is 633 g/mol. The number of nitrogen functional groups attached to an aromatic ring is 1. The van der Waals surface area contributed by atoms with E-state index in [9.17, 15) is 14.4 Å². The molecule has 0 bridgehead atoms. The van der Waals surface area contributed by atoms with E-state index in [0.29, 0.717) is 56.2 Å². The largest absolute Gasteiger partial charge is 0.444 e. The minimum Gasteiger partial charge on any atom is -0.444 e. The quantitative estimate of drug-likeness (QED) is 0.264. The van der Waals surface area contributed by atoms with Gasteiger partial charge in [0.1, 0.15) is 5.60 Å². The molecule has 3 aromatic rings. The number of likely N-dealkylation sites (tertiary alicyclic amines) is 1. The van der Waals surface area contributed by atoms with Gasteiger partial charge in [-0.1, -0.05) is 19.1 Å². The second-order valence-electron chi connectivity index (χ2n) is 12.8. The molecule has 0 spiro atoms. The molecule has 1 aromatic heterocycles. The molecule has 0 saturated carbocycles. The highest BCUT2D eigenvalue weighted by atomic mass is 32.1.